The molecular weight excluding hydrogens is 436 g/mol. The predicted octanol–water partition coefficient (Wildman–Crippen LogP) is 2.65. The maximum Gasteiger partial charge on any atom is 0.242 e. The van der Waals surface area contributed by atoms with Crippen molar-refractivity contribution in [3.05, 3.63) is 53.6 Å². The SMILES string of the molecule is Cc1ccc(C)c(-n2nnnc2SC(C)C(=O)Nc2cccc(S(=O)(=O)N(C)C)c2)c1. The van der Waals surface area contributed by atoms with Crippen LogP contribution in [0.15, 0.2) is 52.5 Å². The van der Waals surface area contributed by atoms with Crippen LogP contribution in [-0.2, 0) is 14.8 Å². The molecule has 0 aliphatic carbocycles. The zero-order chi connectivity index (χ0) is 22.8. The van der Waals surface area contributed by atoms with Crippen LogP contribution in [0.3, 0.4) is 0 Å². The van der Waals surface area contributed by atoms with Gasteiger partial charge in [0.05, 0.1) is 15.8 Å². The molecule has 0 saturated carbocycles. The van der Waals surface area contributed by atoms with Gasteiger partial charge in [0, 0.05) is 19.8 Å². The first-order valence-electron chi connectivity index (χ1n) is 9.45. The van der Waals surface area contributed by atoms with E-state index in [1.165, 1.54) is 38.0 Å². The largest absolute Gasteiger partial charge is 0.325 e. The highest BCUT2D eigenvalue weighted by molar-refractivity contribution is 8.00. The fourth-order valence-electron chi connectivity index (χ4n) is 2.75. The summed E-state index contributed by atoms with van der Waals surface area (Å²) in [4.78, 5) is 12.8. The van der Waals surface area contributed by atoms with Crippen molar-refractivity contribution in [1.82, 2.24) is 24.5 Å². The van der Waals surface area contributed by atoms with Crippen LogP contribution < -0.4 is 5.32 Å². The van der Waals surface area contributed by atoms with Crippen LogP contribution in [0.5, 0.6) is 0 Å². The van der Waals surface area contributed by atoms with Crippen LogP contribution in [0.2, 0.25) is 0 Å². The number of tetrazole rings is 1. The van der Waals surface area contributed by atoms with Crippen LogP contribution >= 0.6 is 11.8 Å². The van der Waals surface area contributed by atoms with Gasteiger partial charge in [-0.1, -0.05) is 30.0 Å². The lowest BCUT2D eigenvalue weighted by Gasteiger charge is -2.15. The van der Waals surface area contributed by atoms with Crippen molar-refractivity contribution in [3.8, 4) is 5.69 Å². The van der Waals surface area contributed by atoms with E-state index >= 15 is 0 Å². The van der Waals surface area contributed by atoms with E-state index in [0.29, 0.717) is 10.8 Å². The molecule has 1 unspecified atom stereocenters. The number of carbonyl (C=O) groups excluding carboxylic acids is 1. The molecule has 0 radical (unpaired) electrons. The molecule has 0 bridgehead atoms. The molecule has 3 rings (SSSR count). The van der Waals surface area contributed by atoms with Crippen molar-refractivity contribution >= 4 is 33.4 Å². The number of carbonyl (C=O) groups is 1. The summed E-state index contributed by atoms with van der Waals surface area (Å²) in [6, 6.07) is 12.1. The molecule has 1 N–H and O–H groups in total. The van der Waals surface area contributed by atoms with Crippen molar-refractivity contribution < 1.29 is 13.2 Å². The molecular formula is C20H24N6O3S2. The second kappa shape index (κ2) is 9.16. The Morgan fingerprint density at radius 1 is 1.16 bits per heavy atom. The fourth-order valence-corrected chi connectivity index (χ4v) is 4.50. The lowest BCUT2D eigenvalue weighted by atomic mass is 10.1. The first kappa shape index (κ1) is 22.9. The van der Waals surface area contributed by atoms with Gasteiger partial charge in [-0.25, -0.2) is 12.7 Å². The molecule has 9 nitrogen and oxygen atoms in total. The third kappa shape index (κ3) is 5.12. The summed E-state index contributed by atoms with van der Waals surface area (Å²) in [6.07, 6.45) is 0. The molecule has 3 aromatic rings. The number of sulfonamides is 1. The maximum atomic E-state index is 12.7. The van der Waals surface area contributed by atoms with Crippen molar-refractivity contribution in [3.63, 3.8) is 0 Å². The van der Waals surface area contributed by atoms with Gasteiger partial charge in [0.15, 0.2) is 0 Å². The number of hydrogen-bond donors (Lipinski definition) is 1. The van der Waals surface area contributed by atoms with E-state index in [0.717, 1.165) is 21.1 Å². The number of thioether (sulfide) groups is 1. The van der Waals surface area contributed by atoms with Crippen molar-refractivity contribution in [2.45, 2.75) is 36.1 Å². The minimum Gasteiger partial charge on any atom is -0.325 e. The number of nitrogens with one attached hydrogen (secondary N) is 1. The van der Waals surface area contributed by atoms with E-state index in [9.17, 15) is 13.2 Å². The van der Waals surface area contributed by atoms with Gasteiger partial charge in [0.1, 0.15) is 0 Å². The Kier molecular flexibility index (Phi) is 6.77. The monoisotopic (exact) mass is 460 g/mol. The summed E-state index contributed by atoms with van der Waals surface area (Å²) < 4.78 is 27.4. The predicted molar refractivity (Wildman–Crippen MR) is 120 cm³/mol. The number of anilines is 1. The summed E-state index contributed by atoms with van der Waals surface area (Å²) in [6.45, 7) is 5.69. The number of amides is 1. The van der Waals surface area contributed by atoms with Gasteiger partial charge in [0.2, 0.25) is 21.1 Å². The fraction of sp³-hybridized carbons (Fsp3) is 0.300. The minimum atomic E-state index is -3.59. The number of rotatable bonds is 7. The Morgan fingerprint density at radius 2 is 1.90 bits per heavy atom. The molecule has 1 amide bonds. The highest BCUT2D eigenvalue weighted by atomic mass is 32.2. The Hall–Kier alpha value is -2.76. The first-order chi connectivity index (χ1) is 14.6. The Bertz CT molecular complexity index is 1210. The van der Waals surface area contributed by atoms with Gasteiger partial charge in [-0.15, -0.1) is 5.10 Å². The summed E-state index contributed by atoms with van der Waals surface area (Å²) in [5.41, 5.74) is 3.33. The van der Waals surface area contributed by atoms with E-state index < -0.39 is 15.3 Å². The third-order valence-corrected chi connectivity index (χ3v) is 7.41. The first-order valence-corrected chi connectivity index (χ1v) is 11.8. The van der Waals surface area contributed by atoms with E-state index in [-0.39, 0.29) is 10.8 Å². The standard InChI is InChI=1S/C20H24N6O3S2/c1-13-9-10-14(2)18(11-13)26-20(22-23-24-26)30-15(3)19(27)21-16-7-6-8-17(12-16)31(28,29)25(4)5/h6-12,15H,1-5H3,(H,21,27). The van der Waals surface area contributed by atoms with Crippen molar-refractivity contribution in [2.75, 3.05) is 19.4 Å². The summed E-state index contributed by atoms with van der Waals surface area (Å²) >= 11 is 1.22. The number of aryl methyl sites for hydroxylation is 2. The van der Waals surface area contributed by atoms with E-state index in [2.05, 4.69) is 20.8 Å². The van der Waals surface area contributed by atoms with Gasteiger partial charge in [-0.3, -0.25) is 4.79 Å². The van der Waals surface area contributed by atoms with E-state index in [4.69, 9.17) is 0 Å². The number of nitrogens with zero attached hydrogens (tertiary/aromatic N) is 5. The van der Waals surface area contributed by atoms with Gasteiger partial charge >= 0.3 is 0 Å². The number of aromatic nitrogens is 4. The minimum absolute atomic E-state index is 0.106. The molecule has 164 valence electrons. The molecule has 1 heterocycles. The smallest absolute Gasteiger partial charge is 0.242 e. The van der Waals surface area contributed by atoms with Crippen molar-refractivity contribution in [2.24, 2.45) is 0 Å². The molecule has 31 heavy (non-hydrogen) atoms. The lowest BCUT2D eigenvalue weighted by molar-refractivity contribution is -0.115. The van der Waals surface area contributed by atoms with Crippen LogP contribution in [0, 0.1) is 13.8 Å². The zero-order valence-corrected chi connectivity index (χ0v) is 19.5. The van der Waals surface area contributed by atoms with Gasteiger partial charge in [0.25, 0.3) is 0 Å². The van der Waals surface area contributed by atoms with Gasteiger partial charge in [-0.2, -0.15) is 4.68 Å². The highest BCUT2D eigenvalue weighted by Gasteiger charge is 2.21. The van der Waals surface area contributed by atoms with Crippen molar-refractivity contribution in [1.29, 1.82) is 0 Å². The molecule has 1 atom stereocenters. The van der Waals surface area contributed by atoms with Gasteiger partial charge < -0.3 is 5.32 Å². The molecule has 0 aliphatic heterocycles. The average molecular weight is 461 g/mol. The van der Waals surface area contributed by atoms with Crippen LogP contribution in [0.4, 0.5) is 5.69 Å². The topological polar surface area (TPSA) is 110 Å². The summed E-state index contributed by atoms with van der Waals surface area (Å²) in [5, 5.41) is 14.6. The Labute approximate surface area is 185 Å². The third-order valence-electron chi connectivity index (χ3n) is 4.57. The second-order valence-corrected chi connectivity index (χ2v) is 10.7. The normalized spacial score (nSPS) is 12.7. The quantitative estimate of drug-likeness (QED) is 0.540. The summed E-state index contributed by atoms with van der Waals surface area (Å²) in [5.74, 6) is -0.292. The molecule has 0 aliphatic rings. The lowest BCUT2D eigenvalue weighted by Crippen LogP contribution is -2.24. The molecule has 2 aromatic carbocycles. The maximum absolute atomic E-state index is 12.7. The zero-order valence-electron chi connectivity index (χ0n) is 17.9. The second-order valence-electron chi connectivity index (χ2n) is 7.23. The Balaban J connectivity index is 1.76. The number of hydrogen-bond acceptors (Lipinski definition) is 7. The Morgan fingerprint density at radius 3 is 2.61 bits per heavy atom. The summed E-state index contributed by atoms with van der Waals surface area (Å²) in [7, 11) is -0.678. The van der Waals surface area contributed by atoms with Crippen LogP contribution in [0.1, 0.15) is 18.1 Å². The average Bonchev–Trinajstić information content (AvgIpc) is 3.17. The van der Waals surface area contributed by atoms with E-state index in [1.807, 2.05) is 32.0 Å². The van der Waals surface area contributed by atoms with Gasteiger partial charge in [-0.05, 0) is 66.6 Å². The molecule has 1 aromatic heterocycles. The van der Waals surface area contributed by atoms with E-state index in [1.54, 1.807) is 23.7 Å². The molecule has 11 heteroatoms. The molecule has 0 saturated heterocycles. The van der Waals surface area contributed by atoms with Crippen LogP contribution in [0.25, 0.3) is 5.69 Å². The number of benzene rings is 2. The molecule has 0 fully saturated rings. The van der Waals surface area contributed by atoms with Crippen LogP contribution in [-0.4, -0.2) is 58.2 Å². The molecule has 0 spiro atoms. The highest BCUT2D eigenvalue weighted by Crippen LogP contribution is 2.26.